The topological polar surface area (TPSA) is 98.8 Å². The summed E-state index contributed by atoms with van der Waals surface area (Å²) in [6.07, 6.45) is -3.05. The summed E-state index contributed by atoms with van der Waals surface area (Å²) in [6.45, 7) is -0.0515. The zero-order chi connectivity index (χ0) is 32.1. The van der Waals surface area contributed by atoms with Crippen molar-refractivity contribution in [3.63, 3.8) is 0 Å². The van der Waals surface area contributed by atoms with E-state index in [0.717, 1.165) is 24.0 Å². The average molecular weight is 630 g/mol. The van der Waals surface area contributed by atoms with E-state index in [4.69, 9.17) is 0 Å². The number of carbonyl (C=O) groups is 1. The number of amides is 2. The highest BCUT2D eigenvalue weighted by Gasteiger charge is 2.29. The van der Waals surface area contributed by atoms with Crippen molar-refractivity contribution in [2.75, 3.05) is 28.6 Å². The van der Waals surface area contributed by atoms with Crippen molar-refractivity contribution in [1.82, 2.24) is 20.6 Å². The van der Waals surface area contributed by atoms with Crippen LogP contribution >= 0.6 is 0 Å². The normalized spacial score (nSPS) is 13.0. The van der Waals surface area contributed by atoms with Gasteiger partial charge in [-0.3, -0.25) is 0 Å². The van der Waals surface area contributed by atoms with Gasteiger partial charge in [0, 0.05) is 24.3 Å². The first-order valence-electron chi connectivity index (χ1n) is 14.9. The van der Waals surface area contributed by atoms with Crippen LogP contribution in [0, 0.1) is 5.82 Å². The van der Waals surface area contributed by atoms with Crippen molar-refractivity contribution in [3.05, 3.63) is 108 Å². The summed E-state index contributed by atoms with van der Waals surface area (Å²) in [4.78, 5) is 14.9. The molecule has 12 heteroatoms. The van der Waals surface area contributed by atoms with Crippen LogP contribution in [0.25, 0.3) is 22.5 Å². The van der Waals surface area contributed by atoms with Gasteiger partial charge in [0.15, 0.2) is 5.82 Å². The number of halogens is 4. The minimum absolute atomic E-state index is 0.211. The molecule has 8 nitrogen and oxygen atoms in total. The molecular weight excluding hydrogens is 598 g/mol. The Bertz CT molecular complexity index is 1790. The molecule has 2 amide bonds. The number of alkyl halides is 3. The van der Waals surface area contributed by atoms with E-state index in [1.807, 2.05) is 54.6 Å². The van der Waals surface area contributed by atoms with Gasteiger partial charge >= 0.3 is 12.2 Å². The monoisotopic (exact) mass is 629 g/mol. The number of benzene rings is 4. The van der Waals surface area contributed by atoms with Gasteiger partial charge in [0.1, 0.15) is 5.82 Å². The van der Waals surface area contributed by atoms with Crippen molar-refractivity contribution in [2.24, 2.45) is 0 Å². The lowest BCUT2D eigenvalue weighted by Crippen LogP contribution is -2.31. The Morgan fingerprint density at radius 2 is 1.65 bits per heavy atom. The summed E-state index contributed by atoms with van der Waals surface area (Å²) in [5.41, 5.74) is 4.65. The fraction of sp³-hybridized carbons (Fsp3) is 0.235. The second-order valence-electron chi connectivity index (χ2n) is 11.2. The number of nitrogens with one attached hydrogen (secondary N) is 3. The van der Waals surface area contributed by atoms with Crippen molar-refractivity contribution >= 4 is 23.1 Å². The van der Waals surface area contributed by atoms with Crippen LogP contribution in [0.1, 0.15) is 36.3 Å². The van der Waals surface area contributed by atoms with Gasteiger partial charge in [-0.1, -0.05) is 66.7 Å². The van der Waals surface area contributed by atoms with E-state index in [1.165, 1.54) is 6.07 Å². The highest BCUT2D eigenvalue weighted by molar-refractivity contribution is 6.02. The Morgan fingerprint density at radius 3 is 2.35 bits per heavy atom. The molecule has 0 radical (unpaired) electrons. The number of aromatic amines is 1. The Hall–Kier alpha value is -5.26. The Kier molecular flexibility index (Phi) is 8.95. The number of anilines is 3. The van der Waals surface area contributed by atoms with Crippen LogP contribution in [0.2, 0.25) is 0 Å². The molecule has 5 aromatic rings. The van der Waals surface area contributed by atoms with Gasteiger partial charge in [0.25, 0.3) is 0 Å². The zero-order valence-corrected chi connectivity index (χ0v) is 24.7. The van der Waals surface area contributed by atoms with Crippen molar-refractivity contribution in [2.45, 2.75) is 37.8 Å². The Balaban J connectivity index is 1.34. The first-order valence-corrected chi connectivity index (χ1v) is 14.9. The van der Waals surface area contributed by atoms with Crippen LogP contribution < -0.4 is 15.5 Å². The molecule has 3 N–H and O–H groups in total. The molecule has 1 aliphatic carbocycles. The SMILES string of the molecule is O=C(Nc1ccc(C2CC2)c(F)c1)Nc1cc(-c2ccccc2-c2nnn[nH]2)ccc1N(CCc1ccccc1)CCC(F)(F)F. The van der Waals surface area contributed by atoms with Gasteiger partial charge in [-0.25, -0.2) is 14.3 Å². The van der Waals surface area contributed by atoms with Gasteiger partial charge in [0.05, 0.1) is 17.8 Å². The van der Waals surface area contributed by atoms with E-state index in [-0.39, 0.29) is 36.2 Å². The number of hydrogen-bond donors (Lipinski definition) is 3. The van der Waals surface area contributed by atoms with Crippen LogP contribution in [0.5, 0.6) is 0 Å². The number of H-pyrrole nitrogens is 1. The van der Waals surface area contributed by atoms with E-state index >= 15 is 0 Å². The number of rotatable bonds is 11. The molecule has 1 aliphatic rings. The molecule has 0 atom stereocenters. The first kappa shape index (κ1) is 30.8. The Morgan fingerprint density at radius 1 is 0.891 bits per heavy atom. The number of aromatic nitrogens is 4. The Labute approximate surface area is 262 Å². The highest BCUT2D eigenvalue weighted by atomic mass is 19.4. The van der Waals surface area contributed by atoms with Crippen molar-refractivity contribution in [3.8, 4) is 22.5 Å². The lowest BCUT2D eigenvalue weighted by atomic mass is 9.98. The predicted molar refractivity (Wildman–Crippen MR) is 169 cm³/mol. The van der Waals surface area contributed by atoms with E-state index in [1.54, 1.807) is 35.2 Å². The number of tetrazole rings is 1. The molecule has 1 fully saturated rings. The van der Waals surface area contributed by atoms with Crippen molar-refractivity contribution in [1.29, 1.82) is 0 Å². The summed E-state index contributed by atoms with van der Waals surface area (Å²) in [7, 11) is 0. The third-order valence-electron chi connectivity index (χ3n) is 7.88. The van der Waals surface area contributed by atoms with Crippen LogP contribution in [0.4, 0.5) is 39.4 Å². The maximum Gasteiger partial charge on any atom is 0.390 e. The second kappa shape index (κ2) is 13.4. The van der Waals surface area contributed by atoms with Crippen LogP contribution in [0.3, 0.4) is 0 Å². The van der Waals surface area contributed by atoms with Gasteiger partial charge in [0.2, 0.25) is 0 Å². The number of nitrogens with zero attached hydrogens (tertiary/aromatic N) is 4. The molecule has 0 bridgehead atoms. The summed E-state index contributed by atoms with van der Waals surface area (Å²) >= 11 is 0. The highest BCUT2D eigenvalue weighted by Crippen LogP contribution is 2.42. The fourth-order valence-electron chi connectivity index (χ4n) is 5.43. The quantitative estimate of drug-likeness (QED) is 0.128. The largest absolute Gasteiger partial charge is 0.390 e. The number of urea groups is 1. The summed E-state index contributed by atoms with van der Waals surface area (Å²) < 4.78 is 55.1. The fourth-order valence-corrected chi connectivity index (χ4v) is 5.43. The molecule has 1 heterocycles. The zero-order valence-electron chi connectivity index (χ0n) is 24.7. The van der Waals surface area contributed by atoms with E-state index < -0.39 is 18.6 Å². The molecule has 6 rings (SSSR count). The van der Waals surface area contributed by atoms with E-state index in [2.05, 4.69) is 31.3 Å². The molecule has 1 aromatic heterocycles. The maximum absolute atomic E-state index is 14.7. The number of carbonyl (C=O) groups excluding carboxylic acids is 1. The summed E-state index contributed by atoms with van der Waals surface area (Å²) in [5, 5.41) is 19.6. The lowest BCUT2D eigenvalue weighted by molar-refractivity contribution is -0.132. The number of hydrogen-bond acceptors (Lipinski definition) is 5. The molecule has 46 heavy (non-hydrogen) atoms. The molecular formula is C34H31F4N7O. The summed E-state index contributed by atoms with van der Waals surface area (Å²) in [6, 6.07) is 26.0. The standard InChI is InChI=1S/C34H31F4N7O/c35-29-21-25(13-14-27(29)23-10-11-23)39-33(46)40-30-20-24(26-8-4-5-9-28(26)32-41-43-44-42-32)12-15-31(30)45(19-17-34(36,37)38)18-16-22-6-2-1-3-7-22/h1-9,12-15,20-21,23H,10-11,16-19H2,(H2,39,40,46)(H,41,42,43,44). The molecule has 236 valence electrons. The van der Waals surface area contributed by atoms with E-state index in [9.17, 15) is 22.4 Å². The maximum atomic E-state index is 14.7. The molecule has 0 aliphatic heterocycles. The molecule has 1 saturated carbocycles. The molecule has 4 aromatic carbocycles. The van der Waals surface area contributed by atoms with Crippen LogP contribution in [-0.2, 0) is 6.42 Å². The third kappa shape index (κ3) is 7.68. The smallest absolute Gasteiger partial charge is 0.369 e. The van der Waals surface area contributed by atoms with Gasteiger partial charge in [-0.15, -0.1) is 5.10 Å². The summed E-state index contributed by atoms with van der Waals surface area (Å²) in [5.74, 6) is 0.251. The minimum Gasteiger partial charge on any atom is -0.369 e. The van der Waals surface area contributed by atoms with E-state index in [0.29, 0.717) is 34.6 Å². The van der Waals surface area contributed by atoms with Gasteiger partial charge in [-0.05, 0) is 82.1 Å². The second-order valence-corrected chi connectivity index (χ2v) is 11.2. The predicted octanol–water partition coefficient (Wildman–Crippen LogP) is 8.20. The molecule has 0 spiro atoms. The first-order chi connectivity index (χ1) is 22.2. The minimum atomic E-state index is -4.38. The average Bonchev–Trinajstić information content (AvgIpc) is 3.73. The van der Waals surface area contributed by atoms with Gasteiger partial charge < -0.3 is 15.5 Å². The van der Waals surface area contributed by atoms with Crippen LogP contribution in [-0.4, -0.2) is 45.9 Å². The van der Waals surface area contributed by atoms with Gasteiger partial charge in [-0.2, -0.15) is 13.2 Å². The van der Waals surface area contributed by atoms with Crippen LogP contribution in [0.15, 0.2) is 91.0 Å². The van der Waals surface area contributed by atoms with Crippen molar-refractivity contribution < 1.29 is 22.4 Å². The molecule has 0 saturated heterocycles. The molecule has 0 unspecified atom stereocenters. The lowest BCUT2D eigenvalue weighted by Gasteiger charge is -2.28. The third-order valence-corrected chi connectivity index (χ3v) is 7.88.